The molecule has 1 saturated carbocycles. The molecule has 0 aliphatic heterocycles. The van der Waals surface area contributed by atoms with Gasteiger partial charge in [0.1, 0.15) is 0 Å². The molecule has 0 bridgehead atoms. The topological polar surface area (TPSA) is 84.1 Å². The number of rotatable bonds is 3. The zero-order chi connectivity index (χ0) is 13.3. The van der Waals surface area contributed by atoms with E-state index in [-0.39, 0.29) is 12.1 Å². The Morgan fingerprint density at radius 1 is 1.16 bits per heavy atom. The van der Waals surface area contributed by atoms with Crippen LogP contribution in [0.15, 0.2) is 24.3 Å². The summed E-state index contributed by atoms with van der Waals surface area (Å²) in [4.78, 5) is 8.88. The van der Waals surface area contributed by atoms with Crippen LogP contribution in [0.2, 0.25) is 0 Å². The van der Waals surface area contributed by atoms with Gasteiger partial charge in [0, 0.05) is 0 Å². The minimum atomic E-state index is -0.286. The molecule has 1 aromatic heterocycles. The summed E-state index contributed by atoms with van der Waals surface area (Å²) in [5, 5.41) is 12.9. The van der Waals surface area contributed by atoms with E-state index in [9.17, 15) is 5.11 Å². The first kappa shape index (κ1) is 12.2. The van der Waals surface area contributed by atoms with E-state index in [0.717, 1.165) is 36.7 Å². The second-order valence-electron chi connectivity index (χ2n) is 5.22. The number of aliphatic hydroxyl groups excluding tert-OH is 1. The molecule has 4 N–H and O–H groups in total. The van der Waals surface area contributed by atoms with E-state index in [1.54, 1.807) is 0 Å². The lowest BCUT2D eigenvalue weighted by atomic mass is 9.99. The van der Waals surface area contributed by atoms with Gasteiger partial charge in [-0.3, -0.25) is 0 Å². The lowest BCUT2D eigenvalue weighted by Gasteiger charge is -2.29. The first-order valence-electron chi connectivity index (χ1n) is 6.64. The van der Waals surface area contributed by atoms with Crippen LogP contribution in [0.1, 0.15) is 25.7 Å². The molecule has 3 rings (SSSR count). The Labute approximate surface area is 111 Å². The van der Waals surface area contributed by atoms with Gasteiger partial charge >= 0.3 is 0 Å². The number of para-hydroxylation sites is 2. The van der Waals surface area contributed by atoms with Crippen LogP contribution in [0.4, 0.5) is 11.6 Å². The number of aliphatic hydroxyl groups is 1. The quantitative estimate of drug-likeness (QED) is 0.783. The average molecular weight is 258 g/mol. The van der Waals surface area contributed by atoms with E-state index < -0.39 is 0 Å². The SMILES string of the molecule is Nc1nc2ccccc2nc1NC1(CO)CCCC1. The molecule has 1 aliphatic carbocycles. The Kier molecular flexibility index (Phi) is 2.98. The van der Waals surface area contributed by atoms with Gasteiger partial charge in [0.05, 0.1) is 23.2 Å². The number of nitrogen functional groups attached to an aromatic ring is 1. The summed E-state index contributed by atoms with van der Waals surface area (Å²) in [6.07, 6.45) is 4.12. The summed E-state index contributed by atoms with van der Waals surface area (Å²) in [7, 11) is 0. The van der Waals surface area contributed by atoms with Gasteiger partial charge in [-0.15, -0.1) is 0 Å². The van der Waals surface area contributed by atoms with Crippen LogP contribution < -0.4 is 11.1 Å². The van der Waals surface area contributed by atoms with Crippen LogP contribution in [0, 0.1) is 0 Å². The standard InChI is InChI=1S/C14H18N4O/c15-12-13(18-14(9-19)7-3-4-8-14)17-11-6-2-1-5-10(11)16-12/h1-2,5-6,19H,3-4,7-9H2,(H2,15,16)(H,17,18). The van der Waals surface area contributed by atoms with Crippen LogP contribution in [-0.2, 0) is 0 Å². The molecule has 5 heteroatoms. The summed E-state index contributed by atoms with van der Waals surface area (Å²) >= 11 is 0. The predicted octanol–water partition coefficient (Wildman–Crippen LogP) is 1.93. The number of nitrogens with two attached hydrogens (primary N) is 1. The minimum absolute atomic E-state index is 0.0982. The maximum Gasteiger partial charge on any atom is 0.170 e. The highest BCUT2D eigenvalue weighted by atomic mass is 16.3. The molecule has 1 aliphatic rings. The lowest BCUT2D eigenvalue weighted by molar-refractivity contribution is 0.214. The average Bonchev–Trinajstić information content (AvgIpc) is 2.89. The largest absolute Gasteiger partial charge is 0.394 e. The van der Waals surface area contributed by atoms with Gasteiger partial charge in [0.15, 0.2) is 11.6 Å². The Hall–Kier alpha value is -1.88. The van der Waals surface area contributed by atoms with Crippen molar-refractivity contribution in [2.24, 2.45) is 0 Å². The third-order valence-corrected chi connectivity index (χ3v) is 3.84. The van der Waals surface area contributed by atoms with Crippen molar-refractivity contribution in [2.45, 2.75) is 31.2 Å². The zero-order valence-electron chi connectivity index (χ0n) is 10.8. The molecular weight excluding hydrogens is 240 g/mol. The first-order valence-corrected chi connectivity index (χ1v) is 6.64. The number of hydrogen-bond donors (Lipinski definition) is 3. The van der Waals surface area contributed by atoms with Crippen molar-refractivity contribution in [2.75, 3.05) is 17.7 Å². The summed E-state index contributed by atoms with van der Waals surface area (Å²) in [5.74, 6) is 0.966. The van der Waals surface area contributed by atoms with Gasteiger partial charge in [-0.05, 0) is 25.0 Å². The second kappa shape index (κ2) is 4.66. The number of nitrogens with zero attached hydrogens (tertiary/aromatic N) is 2. The highest BCUT2D eigenvalue weighted by Gasteiger charge is 2.34. The molecule has 0 spiro atoms. The molecule has 0 amide bonds. The van der Waals surface area contributed by atoms with Crippen molar-refractivity contribution in [3.05, 3.63) is 24.3 Å². The van der Waals surface area contributed by atoms with Gasteiger partial charge in [-0.1, -0.05) is 25.0 Å². The molecule has 0 atom stereocenters. The number of anilines is 2. The second-order valence-corrected chi connectivity index (χ2v) is 5.22. The molecule has 1 heterocycles. The maximum absolute atomic E-state index is 9.63. The van der Waals surface area contributed by atoms with Crippen molar-refractivity contribution in [1.82, 2.24) is 9.97 Å². The van der Waals surface area contributed by atoms with Crippen LogP contribution in [0.5, 0.6) is 0 Å². The number of nitrogens with one attached hydrogen (secondary N) is 1. The van der Waals surface area contributed by atoms with Crippen LogP contribution >= 0.6 is 0 Å². The fraction of sp³-hybridized carbons (Fsp3) is 0.429. The summed E-state index contributed by atoms with van der Waals surface area (Å²) < 4.78 is 0. The lowest BCUT2D eigenvalue weighted by Crippen LogP contribution is -2.39. The summed E-state index contributed by atoms with van der Waals surface area (Å²) in [5.41, 5.74) is 7.27. The highest BCUT2D eigenvalue weighted by Crippen LogP contribution is 2.33. The molecule has 1 aromatic carbocycles. The molecule has 2 aromatic rings. The van der Waals surface area contributed by atoms with Gasteiger partial charge in [-0.25, -0.2) is 9.97 Å². The van der Waals surface area contributed by atoms with Crippen molar-refractivity contribution in [3.8, 4) is 0 Å². The van der Waals surface area contributed by atoms with Crippen LogP contribution in [0.25, 0.3) is 11.0 Å². The summed E-state index contributed by atoms with van der Waals surface area (Å²) in [6.45, 7) is 0.0982. The molecule has 100 valence electrons. The zero-order valence-corrected chi connectivity index (χ0v) is 10.8. The Morgan fingerprint density at radius 3 is 2.42 bits per heavy atom. The minimum Gasteiger partial charge on any atom is -0.394 e. The maximum atomic E-state index is 9.63. The number of benzene rings is 1. The highest BCUT2D eigenvalue weighted by molar-refractivity contribution is 5.79. The van der Waals surface area contributed by atoms with Gasteiger partial charge in [-0.2, -0.15) is 0 Å². The van der Waals surface area contributed by atoms with E-state index in [2.05, 4.69) is 15.3 Å². The van der Waals surface area contributed by atoms with Gasteiger partial charge in [0.2, 0.25) is 0 Å². The predicted molar refractivity (Wildman–Crippen MR) is 75.9 cm³/mol. The Bertz CT molecular complexity index is 593. The third-order valence-electron chi connectivity index (χ3n) is 3.84. The first-order chi connectivity index (χ1) is 9.22. The Morgan fingerprint density at radius 2 is 1.79 bits per heavy atom. The number of hydrogen-bond acceptors (Lipinski definition) is 5. The van der Waals surface area contributed by atoms with Crippen molar-refractivity contribution < 1.29 is 5.11 Å². The van der Waals surface area contributed by atoms with Gasteiger partial charge in [0.25, 0.3) is 0 Å². The normalized spacial score (nSPS) is 17.7. The van der Waals surface area contributed by atoms with E-state index >= 15 is 0 Å². The third kappa shape index (κ3) is 2.21. The fourth-order valence-electron chi connectivity index (χ4n) is 2.73. The number of fused-ring (bicyclic) bond motifs is 1. The summed E-state index contributed by atoms with van der Waals surface area (Å²) in [6, 6.07) is 7.64. The molecule has 0 saturated heterocycles. The molecule has 0 unspecified atom stereocenters. The Balaban J connectivity index is 1.98. The van der Waals surface area contributed by atoms with E-state index in [4.69, 9.17) is 5.73 Å². The molecule has 5 nitrogen and oxygen atoms in total. The van der Waals surface area contributed by atoms with Crippen molar-refractivity contribution in [3.63, 3.8) is 0 Å². The van der Waals surface area contributed by atoms with Gasteiger partial charge < -0.3 is 16.2 Å². The van der Waals surface area contributed by atoms with Crippen molar-refractivity contribution >= 4 is 22.7 Å². The molecule has 0 radical (unpaired) electrons. The van der Waals surface area contributed by atoms with E-state index in [0.29, 0.717) is 11.6 Å². The molecule has 1 fully saturated rings. The van der Waals surface area contributed by atoms with Crippen molar-refractivity contribution in [1.29, 1.82) is 0 Å². The molecular formula is C14H18N4O. The monoisotopic (exact) mass is 258 g/mol. The van der Waals surface area contributed by atoms with E-state index in [1.165, 1.54) is 0 Å². The van der Waals surface area contributed by atoms with Crippen LogP contribution in [0.3, 0.4) is 0 Å². The smallest absolute Gasteiger partial charge is 0.170 e. The van der Waals surface area contributed by atoms with Crippen LogP contribution in [-0.4, -0.2) is 27.2 Å². The molecule has 19 heavy (non-hydrogen) atoms. The number of aromatic nitrogens is 2. The van der Waals surface area contributed by atoms with E-state index in [1.807, 2.05) is 24.3 Å². The fourth-order valence-corrected chi connectivity index (χ4v) is 2.73.